The Kier molecular flexibility index (Phi) is 6.35. The van der Waals surface area contributed by atoms with Crippen LogP contribution in [0.3, 0.4) is 0 Å². The Bertz CT molecular complexity index is 1120. The van der Waals surface area contributed by atoms with Crippen LogP contribution in [0.25, 0.3) is 0 Å². The van der Waals surface area contributed by atoms with Gasteiger partial charge in [-0.05, 0) is 12.0 Å². The van der Waals surface area contributed by atoms with Crippen LogP contribution < -0.4 is 5.73 Å². The number of nitrogens with zero attached hydrogens (tertiary/aromatic N) is 1. The smallest absolute Gasteiger partial charge is 0.348 e. The average molecular weight is 491 g/mol. The predicted molar refractivity (Wildman–Crippen MR) is 122 cm³/mol. The van der Waals surface area contributed by atoms with Gasteiger partial charge in [0.2, 0.25) is 5.91 Å². The molecule has 2 aliphatic heterocycles. The van der Waals surface area contributed by atoms with Gasteiger partial charge in [0.15, 0.2) is 0 Å². The number of hydrogen-bond donors (Lipinski definition) is 1. The Morgan fingerprint density at radius 1 is 1.15 bits per heavy atom. The highest BCUT2D eigenvalue weighted by Crippen LogP contribution is 2.54. The van der Waals surface area contributed by atoms with Gasteiger partial charge in [-0.3, -0.25) is 4.79 Å². The zero-order valence-electron chi connectivity index (χ0n) is 18.0. The normalized spacial score (nSPS) is 21.6. The number of nitrogen functional groups attached to an aromatic ring is 1. The summed E-state index contributed by atoms with van der Waals surface area (Å²) in [6.45, 7) is -0.386. The molecule has 0 saturated carbocycles. The molecule has 3 heterocycles. The van der Waals surface area contributed by atoms with Crippen molar-refractivity contribution in [3.8, 4) is 0 Å². The topological polar surface area (TPSA) is 125 Å². The van der Waals surface area contributed by atoms with Crippen molar-refractivity contribution < 1.29 is 33.4 Å². The lowest BCUT2D eigenvalue weighted by Gasteiger charge is -2.33. The molecular weight excluding hydrogens is 468 g/mol. The fraction of sp³-hybridized carbons (Fsp3) is 0.364. The number of benzene rings is 1. The Hall–Kier alpha value is -3.05. The zero-order chi connectivity index (χ0) is 23.8. The average Bonchev–Trinajstić information content (AvgIpc) is 3.49. The Labute approximate surface area is 198 Å². The molecule has 0 radical (unpaired) electrons. The van der Waals surface area contributed by atoms with E-state index in [2.05, 4.69) is 0 Å². The largest absolute Gasteiger partial charge is 0.465 e. The summed E-state index contributed by atoms with van der Waals surface area (Å²) in [4.78, 5) is 51.3. The van der Waals surface area contributed by atoms with Crippen LogP contribution in [0.4, 0.5) is 5.00 Å². The molecule has 33 heavy (non-hydrogen) atoms. The van der Waals surface area contributed by atoms with Gasteiger partial charge in [0.1, 0.15) is 33.0 Å². The van der Waals surface area contributed by atoms with Gasteiger partial charge in [-0.1, -0.05) is 30.3 Å². The Morgan fingerprint density at radius 2 is 1.85 bits per heavy atom. The summed E-state index contributed by atoms with van der Waals surface area (Å²) in [5.41, 5.74) is 6.97. The van der Waals surface area contributed by atoms with Crippen LogP contribution in [0, 0.1) is 0 Å². The molecule has 2 saturated heterocycles. The number of ether oxygens (including phenoxy) is 3. The summed E-state index contributed by atoms with van der Waals surface area (Å²) < 4.78 is 15.1. The van der Waals surface area contributed by atoms with E-state index in [-0.39, 0.29) is 33.5 Å². The first-order chi connectivity index (χ1) is 15.8. The van der Waals surface area contributed by atoms with Crippen LogP contribution in [-0.2, 0) is 35.3 Å². The monoisotopic (exact) mass is 490 g/mol. The van der Waals surface area contributed by atoms with Gasteiger partial charge in [0, 0.05) is 17.7 Å². The van der Waals surface area contributed by atoms with Crippen LogP contribution in [0.1, 0.15) is 44.0 Å². The van der Waals surface area contributed by atoms with Crippen LogP contribution in [0.2, 0.25) is 0 Å². The van der Waals surface area contributed by atoms with Gasteiger partial charge in [0.25, 0.3) is 0 Å². The molecule has 2 aromatic rings. The minimum absolute atomic E-state index is 0.0348. The van der Waals surface area contributed by atoms with Crippen molar-refractivity contribution in [2.45, 2.75) is 30.4 Å². The third kappa shape index (κ3) is 3.84. The molecule has 2 fully saturated rings. The third-order valence-electron chi connectivity index (χ3n) is 5.78. The Morgan fingerprint density at radius 3 is 2.52 bits per heavy atom. The number of esters is 3. The van der Waals surface area contributed by atoms with Crippen molar-refractivity contribution in [3.05, 3.63) is 51.9 Å². The Balaban J connectivity index is 1.59. The fourth-order valence-corrected chi connectivity index (χ4v) is 6.88. The molecule has 2 atom stereocenters. The van der Waals surface area contributed by atoms with E-state index in [1.165, 1.54) is 14.2 Å². The molecule has 0 bridgehead atoms. The van der Waals surface area contributed by atoms with Gasteiger partial charge < -0.3 is 24.8 Å². The first-order valence-corrected chi connectivity index (χ1v) is 11.9. The first kappa shape index (κ1) is 23.1. The lowest BCUT2D eigenvalue weighted by molar-refractivity contribution is -0.155. The minimum Gasteiger partial charge on any atom is -0.465 e. The number of thioether (sulfide) groups is 1. The highest BCUT2D eigenvalue weighted by Gasteiger charge is 2.57. The highest BCUT2D eigenvalue weighted by atomic mass is 32.2. The molecule has 9 nitrogen and oxygen atoms in total. The van der Waals surface area contributed by atoms with Gasteiger partial charge in [-0.15, -0.1) is 23.1 Å². The molecule has 1 aromatic heterocycles. The molecule has 4 rings (SSSR count). The number of hydrogen-bond acceptors (Lipinski definition) is 10. The molecule has 0 spiro atoms. The minimum atomic E-state index is -0.788. The van der Waals surface area contributed by atoms with Crippen molar-refractivity contribution in [1.29, 1.82) is 0 Å². The van der Waals surface area contributed by atoms with E-state index in [9.17, 15) is 19.2 Å². The summed E-state index contributed by atoms with van der Waals surface area (Å²) in [6, 6.07) is 8.82. The van der Waals surface area contributed by atoms with Gasteiger partial charge in [-0.2, -0.15) is 0 Å². The molecule has 2 unspecified atom stereocenters. The predicted octanol–water partition coefficient (Wildman–Crippen LogP) is 2.54. The maximum atomic E-state index is 13.1. The molecular formula is C22H22N2O7S2. The molecule has 11 heteroatoms. The quantitative estimate of drug-likeness (QED) is 0.480. The second kappa shape index (κ2) is 9.06. The molecule has 2 aliphatic rings. The van der Waals surface area contributed by atoms with Crippen LogP contribution in [0.5, 0.6) is 0 Å². The van der Waals surface area contributed by atoms with Gasteiger partial charge in [0.05, 0.1) is 14.2 Å². The molecule has 1 aromatic carbocycles. The summed E-state index contributed by atoms with van der Waals surface area (Å²) in [6.07, 6.45) is 0.941. The van der Waals surface area contributed by atoms with E-state index < -0.39 is 28.8 Å². The third-order valence-corrected chi connectivity index (χ3v) is 8.42. The summed E-state index contributed by atoms with van der Waals surface area (Å²) in [5, 5.41) is 0.0579. The van der Waals surface area contributed by atoms with Crippen molar-refractivity contribution >= 4 is 51.9 Å². The number of carbonyl (C=O) groups is 4. The van der Waals surface area contributed by atoms with E-state index in [4.69, 9.17) is 19.9 Å². The zero-order valence-corrected chi connectivity index (χ0v) is 19.6. The number of methoxy groups -OCH3 is 2. The van der Waals surface area contributed by atoms with E-state index >= 15 is 0 Å². The van der Waals surface area contributed by atoms with E-state index in [1.807, 2.05) is 30.3 Å². The van der Waals surface area contributed by atoms with Crippen LogP contribution in [-0.4, -0.2) is 54.7 Å². The van der Waals surface area contributed by atoms with Crippen molar-refractivity contribution in [2.24, 2.45) is 0 Å². The SMILES string of the molecule is COC(=O)c1sc(N)c(C(=O)OC)c1COC(=O)C1CSC2(c3ccccc3)CCC(=O)N12. The standard InChI is InChI=1S/C22H22N2O7S2/c1-29-20(27)16-13(17(21(28)30-2)33-18(16)23)10-31-19(26)14-11-32-22(9-8-15(25)24(14)22)12-6-4-3-5-7-12/h3-7,14H,8-11,23H2,1-2H3. The number of anilines is 1. The lowest BCUT2D eigenvalue weighted by atomic mass is 10.0. The highest BCUT2D eigenvalue weighted by molar-refractivity contribution is 8.00. The lowest BCUT2D eigenvalue weighted by Crippen LogP contribution is -2.46. The number of nitrogens with two attached hydrogens (primary N) is 1. The summed E-state index contributed by atoms with van der Waals surface area (Å²) in [5.74, 6) is -1.82. The number of rotatable bonds is 6. The maximum absolute atomic E-state index is 13.1. The number of amides is 1. The van der Waals surface area contributed by atoms with E-state index in [0.717, 1.165) is 16.9 Å². The number of fused-ring (bicyclic) bond motifs is 1. The molecule has 0 aliphatic carbocycles. The van der Waals surface area contributed by atoms with Crippen LogP contribution in [0.15, 0.2) is 30.3 Å². The number of thiophene rings is 1. The number of carbonyl (C=O) groups excluding carboxylic acids is 4. The van der Waals surface area contributed by atoms with Gasteiger partial charge >= 0.3 is 17.9 Å². The molecule has 2 N–H and O–H groups in total. The first-order valence-electron chi connectivity index (χ1n) is 10.1. The maximum Gasteiger partial charge on any atom is 0.348 e. The van der Waals surface area contributed by atoms with E-state index in [0.29, 0.717) is 18.6 Å². The molecule has 1 amide bonds. The van der Waals surface area contributed by atoms with Crippen molar-refractivity contribution in [2.75, 3.05) is 25.7 Å². The second-order valence-corrected chi connectivity index (χ2v) is 9.83. The van der Waals surface area contributed by atoms with Crippen molar-refractivity contribution in [3.63, 3.8) is 0 Å². The van der Waals surface area contributed by atoms with Gasteiger partial charge in [-0.25, -0.2) is 14.4 Å². The summed E-state index contributed by atoms with van der Waals surface area (Å²) in [7, 11) is 2.38. The molecule has 174 valence electrons. The fourth-order valence-electron chi connectivity index (χ4n) is 4.26. The van der Waals surface area contributed by atoms with Crippen molar-refractivity contribution in [1.82, 2.24) is 4.90 Å². The van der Waals surface area contributed by atoms with E-state index in [1.54, 1.807) is 16.7 Å². The summed E-state index contributed by atoms with van der Waals surface area (Å²) >= 11 is 2.40. The van der Waals surface area contributed by atoms with Crippen LogP contribution >= 0.6 is 23.1 Å². The second-order valence-electron chi connectivity index (χ2n) is 7.48.